The Bertz CT molecular complexity index is 545. The van der Waals surface area contributed by atoms with Gasteiger partial charge >= 0.3 is 0 Å². The standard InChI is InChI=1S/C16H17F2NO/c1-2-19-11-16(12-6-4-3-5-7-12)20-15-9-8-13(17)10-14(15)18/h3-10,16,19H,2,11H2,1H3. The van der Waals surface area contributed by atoms with Crippen LogP contribution >= 0.6 is 0 Å². The predicted octanol–water partition coefficient (Wildman–Crippen LogP) is 3.69. The number of hydrogen-bond acceptors (Lipinski definition) is 2. The van der Waals surface area contributed by atoms with Gasteiger partial charge in [0.1, 0.15) is 11.9 Å². The minimum atomic E-state index is -0.692. The summed E-state index contributed by atoms with van der Waals surface area (Å²) >= 11 is 0. The molecule has 0 heterocycles. The van der Waals surface area contributed by atoms with Crippen molar-refractivity contribution in [2.75, 3.05) is 13.1 Å². The van der Waals surface area contributed by atoms with Gasteiger partial charge in [0, 0.05) is 12.6 Å². The van der Waals surface area contributed by atoms with Crippen molar-refractivity contribution in [3.63, 3.8) is 0 Å². The van der Waals surface area contributed by atoms with Gasteiger partial charge in [-0.05, 0) is 24.2 Å². The molecule has 2 nitrogen and oxygen atoms in total. The number of likely N-dealkylation sites (N-methyl/N-ethyl adjacent to an activating group) is 1. The van der Waals surface area contributed by atoms with Gasteiger partial charge in [0.25, 0.3) is 0 Å². The maximum absolute atomic E-state index is 13.7. The zero-order chi connectivity index (χ0) is 14.4. The second kappa shape index (κ2) is 7.01. The van der Waals surface area contributed by atoms with Crippen LogP contribution in [-0.4, -0.2) is 13.1 Å². The molecule has 1 atom stereocenters. The molecule has 0 amide bonds. The second-order valence-corrected chi connectivity index (χ2v) is 4.40. The minimum absolute atomic E-state index is 0.0538. The van der Waals surface area contributed by atoms with Gasteiger partial charge in [0.15, 0.2) is 11.6 Å². The van der Waals surface area contributed by atoms with Crippen LogP contribution in [0.1, 0.15) is 18.6 Å². The van der Waals surface area contributed by atoms with E-state index in [2.05, 4.69) is 5.32 Å². The fraction of sp³-hybridized carbons (Fsp3) is 0.250. The normalized spacial score (nSPS) is 12.2. The van der Waals surface area contributed by atoms with E-state index in [0.29, 0.717) is 6.54 Å². The molecule has 0 bridgehead atoms. The Hall–Kier alpha value is -1.94. The SMILES string of the molecule is CCNCC(Oc1ccc(F)cc1F)c1ccccc1. The number of rotatable bonds is 6. The lowest BCUT2D eigenvalue weighted by molar-refractivity contribution is 0.193. The van der Waals surface area contributed by atoms with Crippen LogP contribution in [0.5, 0.6) is 5.75 Å². The van der Waals surface area contributed by atoms with E-state index in [1.807, 2.05) is 37.3 Å². The van der Waals surface area contributed by atoms with E-state index < -0.39 is 11.6 Å². The van der Waals surface area contributed by atoms with E-state index in [1.54, 1.807) is 0 Å². The van der Waals surface area contributed by atoms with E-state index in [-0.39, 0.29) is 11.9 Å². The fourth-order valence-corrected chi connectivity index (χ4v) is 1.89. The van der Waals surface area contributed by atoms with E-state index in [1.165, 1.54) is 12.1 Å². The lowest BCUT2D eigenvalue weighted by atomic mass is 10.1. The molecule has 20 heavy (non-hydrogen) atoms. The number of halogens is 2. The first kappa shape index (κ1) is 14.5. The molecule has 2 aromatic rings. The molecule has 0 fully saturated rings. The Morgan fingerprint density at radius 2 is 1.85 bits per heavy atom. The lowest BCUT2D eigenvalue weighted by Crippen LogP contribution is -2.25. The summed E-state index contributed by atoms with van der Waals surface area (Å²) in [5.74, 6) is -1.25. The van der Waals surface area contributed by atoms with Crippen molar-refractivity contribution in [3.05, 3.63) is 65.7 Å². The quantitative estimate of drug-likeness (QED) is 0.869. The molecule has 4 heteroatoms. The number of benzene rings is 2. The van der Waals surface area contributed by atoms with Crippen LogP contribution < -0.4 is 10.1 Å². The summed E-state index contributed by atoms with van der Waals surface area (Å²) < 4.78 is 32.3. The van der Waals surface area contributed by atoms with E-state index in [4.69, 9.17) is 4.74 Å². The maximum Gasteiger partial charge on any atom is 0.168 e. The average Bonchev–Trinajstić information content (AvgIpc) is 2.46. The van der Waals surface area contributed by atoms with Gasteiger partial charge in [-0.1, -0.05) is 37.3 Å². The molecular weight excluding hydrogens is 260 g/mol. The maximum atomic E-state index is 13.7. The molecule has 0 spiro atoms. The largest absolute Gasteiger partial charge is 0.481 e. The summed E-state index contributed by atoms with van der Waals surface area (Å²) in [5, 5.41) is 3.18. The van der Waals surface area contributed by atoms with Crippen LogP contribution in [0.4, 0.5) is 8.78 Å². The van der Waals surface area contributed by atoms with Crippen LogP contribution in [0.2, 0.25) is 0 Å². The van der Waals surface area contributed by atoms with Gasteiger partial charge in [-0.3, -0.25) is 0 Å². The zero-order valence-corrected chi connectivity index (χ0v) is 11.3. The Kier molecular flexibility index (Phi) is 5.07. The third kappa shape index (κ3) is 3.78. The van der Waals surface area contributed by atoms with Gasteiger partial charge in [0.05, 0.1) is 0 Å². The zero-order valence-electron chi connectivity index (χ0n) is 11.3. The van der Waals surface area contributed by atoms with Crippen molar-refractivity contribution in [3.8, 4) is 5.75 Å². The first-order chi connectivity index (χ1) is 9.70. The summed E-state index contributed by atoms with van der Waals surface area (Å²) in [5.41, 5.74) is 0.942. The molecule has 0 saturated heterocycles. The third-order valence-electron chi connectivity index (χ3n) is 2.91. The van der Waals surface area contributed by atoms with Crippen molar-refractivity contribution in [2.24, 2.45) is 0 Å². The molecule has 0 aliphatic rings. The van der Waals surface area contributed by atoms with Crippen LogP contribution in [-0.2, 0) is 0 Å². The van der Waals surface area contributed by atoms with Gasteiger partial charge in [-0.25, -0.2) is 8.78 Å². The second-order valence-electron chi connectivity index (χ2n) is 4.40. The highest BCUT2D eigenvalue weighted by atomic mass is 19.1. The molecular formula is C16H17F2NO. The van der Waals surface area contributed by atoms with Crippen molar-refractivity contribution in [1.82, 2.24) is 5.32 Å². The van der Waals surface area contributed by atoms with Crippen LogP contribution in [0.3, 0.4) is 0 Å². The average molecular weight is 277 g/mol. The Labute approximate surface area is 117 Å². The first-order valence-electron chi connectivity index (χ1n) is 6.58. The van der Waals surface area contributed by atoms with Gasteiger partial charge < -0.3 is 10.1 Å². The predicted molar refractivity (Wildman–Crippen MR) is 74.7 cm³/mol. The highest BCUT2D eigenvalue weighted by molar-refractivity contribution is 5.27. The van der Waals surface area contributed by atoms with Crippen molar-refractivity contribution < 1.29 is 13.5 Å². The summed E-state index contributed by atoms with van der Waals surface area (Å²) in [6, 6.07) is 12.9. The first-order valence-corrected chi connectivity index (χ1v) is 6.58. The van der Waals surface area contributed by atoms with Gasteiger partial charge in [-0.2, -0.15) is 0 Å². The Morgan fingerprint density at radius 3 is 2.50 bits per heavy atom. The van der Waals surface area contributed by atoms with Crippen molar-refractivity contribution >= 4 is 0 Å². The molecule has 1 N–H and O–H groups in total. The third-order valence-corrected chi connectivity index (χ3v) is 2.91. The van der Waals surface area contributed by atoms with Crippen LogP contribution in [0.25, 0.3) is 0 Å². The van der Waals surface area contributed by atoms with Crippen molar-refractivity contribution in [1.29, 1.82) is 0 Å². The van der Waals surface area contributed by atoms with Crippen LogP contribution in [0, 0.1) is 11.6 Å². The molecule has 0 radical (unpaired) electrons. The molecule has 2 rings (SSSR count). The highest BCUT2D eigenvalue weighted by Gasteiger charge is 2.15. The fourth-order valence-electron chi connectivity index (χ4n) is 1.89. The molecule has 1 unspecified atom stereocenters. The molecule has 106 valence electrons. The molecule has 0 aromatic heterocycles. The van der Waals surface area contributed by atoms with Crippen LogP contribution in [0.15, 0.2) is 48.5 Å². The van der Waals surface area contributed by atoms with Gasteiger partial charge in [0.2, 0.25) is 0 Å². The number of nitrogens with one attached hydrogen (secondary N) is 1. The topological polar surface area (TPSA) is 21.3 Å². The van der Waals surface area contributed by atoms with Crippen molar-refractivity contribution in [2.45, 2.75) is 13.0 Å². The smallest absolute Gasteiger partial charge is 0.168 e. The molecule has 0 aliphatic carbocycles. The molecule has 0 aliphatic heterocycles. The summed E-state index contributed by atoms with van der Waals surface area (Å²) in [4.78, 5) is 0. The molecule has 0 saturated carbocycles. The highest BCUT2D eigenvalue weighted by Crippen LogP contribution is 2.24. The van der Waals surface area contributed by atoms with E-state index in [0.717, 1.165) is 18.2 Å². The van der Waals surface area contributed by atoms with E-state index >= 15 is 0 Å². The Morgan fingerprint density at radius 1 is 1.10 bits per heavy atom. The monoisotopic (exact) mass is 277 g/mol. The lowest BCUT2D eigenvalue weighted by Gasteiger charge is -2.20. The van der Waals surface area contributed by atoms with E-state index in [9.17, 15) is 8.78 Å². The summed E-state index contributed by atoms with van der Waals surface area (Å²) in [6.45, 7) is 3.33. The van der Waals surface area contributed by atoms with Gasteiger partial charge in [-0.15, -0.1) is 0 Å². The number of ether oxygens (including phenoxy) is 1. The molecule has 2 aromatic carbocycles. The summed E-state index contributed by atoms with van der Waals surface area (Å²) in [6.07, 6.45) is -0.323. The minimum Gasteiger partial charge on any atom is -0.481 e. The summed E-state index contributed by atoms with van der Waals surface area (Å²) in [7, 11) is 0. The number of hydrogen-bond donors (Lipinski definition) is 1. The Balaban J connectivity index is 2.19.